The SMILES string of the molecule is Nc1nc(-c2cc3sccc3s2)[nH]c(=O)n1. The first-order valence-corrected chi connectivity index (χ1v) is 6.13. The molecule has 3 heterocycles. The van der Waals surface area contributed by atoms with Gasteiger partial charge in [-0.15, -0.1) is 22.7 Å². The minimum atomic E-state index is -0.473. The van der Waals surface area contributed by atoms with E-state index in [1.165, 1.54) is 9.40 Å². The molecule has 0 atom stereocenters. The number of fused-ring (bicyclic) bond motifs is 1. The predicted octanol–water partition coefficient (Wildman–Crippen LogP) is 1.69. The second kappa shape index (κ2) is 3.39. The van der Waals surface area contributed by atoms with Crippen LogP contribution < -0.4 is 11.4 Å². The molecule has 0 saturated carbocycles. The minimum Gasteiger partial charge on any atom is -0.368 e. The number of rotatable bonds is 1. The second-order valence-electron chi connectivity index (χ2n) is 3.12. The minimum absolute atomic E-state index is 0.00416. The second-order valence-corrected chi connectivity index (χ2v) is 5.15. The number of hydrogen-bond donors (Lipinski definition) is 2. The summed E-state index contributed by atoms with van der Waals surface area (Å²) in [6.45, 7) is 0. The normalized spacial score (nSPS) is 11.0. The number of aromatic nitrogens is 3. The Labute approximate surface area is 97.6 Å². The van der Waals surface area contributed by atoms with Crippen LogP contribution in [0.3, 0.4) is 0 Å². The van der Waals surface area contributed by atoms with Crippen molar-refractivity contribution in [3.63, 3.8) is 0 Å². The molecule has 7 heteroatoms. The van der Waals surface area contributed by atoms with Crippen LogP contribution >= 0.6 is 22.7 Å². The summed E-state index contributed by atoms with van der Waals surface area (Å²) in [6.07, 6.45) is 0. The Morgan fingerprint density at radius 2 is 2.19 bits per heavy atom. The van der Waals surface area contributed by atoms with E-state index in [0.29, 0.717) is 5.82 Å². The lowest BCUT2D eigenvalue weighted by Gasteiger charge is -1.95. The largest absolute Gasteiger partial charge is 0.368 e. The molecule has 0 amide bonds. The average molecular weight is 250 g/mol. The van der Waals surface area contributed by atoms with E-state index in [-0.39, 0.29) is 5.95 Å². The number of nitrogens with zero attached hydrogens (tertiary/aromatic N) is 2. The van der Waals surface area contributed by atoms with Crippen molar-refractivity contribution >= 4 is 38.0 Å². The molecular formula is C9H6N4OS2. The Morgan fingerprint density at radius 1 is 1.31 bits per heavy atom. The van der Waals surface area contributed by atoms with E-state index in [0.717, 1.165) is 4.88 Å². The summed E-state index contributed by atoms with van der Waals surface area (Å²) < 4.78 is 2.36. The Balaban J connectivity index is 2.22. The van der Waals surface area contributed by atoms with Crippen molar-refractivity contribution < 1.29 is 0 Å². The lowest BCUT2D eigenvalue weighted by atomic mass is 10.4. The molecule has 0 spiro atoms. The van der Waals surface area contributed by atoms with Gasteiger partial charge in [0, 0.05) is 9.40 Å². The molecule has 5 nitrogen and oxygen atoms in total. The molecule has 3 aromatic heterocycles. The molecule has 3 N–H and O–H groups in total. The summed E-state index contributed by atoms with van der Waals surface area (Å²) in [5.41, 5.74) is 4.96. The van der Waals surface area contributed by atoms with Crippen LogP contribution in [0, 0.1) is 0 Å². The monoisotopic (exact) mass is 250 g/mol. The van der Waals surface area contributed by atoms with Crippen molar-refractivity contribution in [2.45, 2.75) is 0 Å². The van der Waals surface area contributed by atoms with Gasteiger partial charge in [-0.2, -0.15) is 9.97 Å². The van der Waals surface area contributed by atoms with Gasteiger partial charge in [0.15, 0.2) is 5.82 Å². The maximum absolute atomic E-state index is 11.2. The molecule has 80 valence electrons. The van der Waals surface area contributed by atoms with Crippen molar-refractivity contribution in [1.82, 2.24) is 15.0 Å². The maximum Gasteiger partial charge on any atom is 0.349 e. The number of nitrogens with two attached hydrogens (primary N) is 1. The van der Waals surface area contributed by atoms with Crippen LogP contribution in [0.4, 0.5) is 5.95 Å². The smallest absolute Gasteiger partial charge is 0.349 e. The van der Waals surface area contributed by atoms with Gasteiger partial charge in [0.2, 0.25) is 5.95 Å². The van der Waals surface area contributed by atoms with Crippen molar-refractivity contribution in [3.8, 4) is 10.7 Å². The lowest BCUT2D eigenvalue weighted by molar-refractivity contribution is 1.01. The summed E-state index contributed by atoms with van der Waals surface area (Å²) in [5.74, 6) is 0.474. The molecular weight excluding hydrogens is 244 g/mol. The third kappa shape index (κ3) is 1.50. The topological polar surface area (TPSA) is 84.7 Å². The van der Waals surface area contributed by atoms with Crippen molar-refractivity contribution in [2.24, 2.45) is 0 Å². The third-order valence-electron chi connectivity index (χ3n) is 2.04. The number of thiophene rings is 2. The molecule has 0 fully saturated rings. The number of nitrogen functional groups attached to an aromatic ring is 1. The molecule has 0 radical (unpaired) electrons. The van der Waals surface area contributed by atoms with E-state index in [1.807, 2.05) is 17.5 Å². The van der Waals surface area contributed by atoms with Crippen LogP contribution in [-0.4, -0.2) is 15.0 Å². The van der Waals surface area contributed by atoms with E-state index in [4.69, 9.17) is 5.73 Å². The van der Waals surface area contributed by atoms with Gasteiger partial charge in [-0.3, -0.25) is 4.98 Å². The van der Waals surface area contributed by atoms with Gasteiger partial charge in [0.1, 0.15) is 0 Å². The first-order valence-electron chi connectivity index (χ1n) is 4.43. The summed E-state index contributed by atoms with van der Waals surface area (Å²) in [4.78, 5) is 22.1. The predicted molar refractivity (Wildman–Crippen MR) is 65.8 cm³/mol. The van der Waals surface area contributed by atoms with E-state index in [2.05, 4.69) is 15.0 Å². The van der Waals surface area contributed by atoms with Gasteiger partial charge in [0.25, 0.3) is 0 Å². The summed E-state index contributed by atoms with van der Waals surface area (Å²) >= 11 is 3.22. The highest BCUT2D eigenvalue weighted by Crippen LogP contribution is 2.34. The van der Waals surface area contributed by atoms with E-state index < -0.39 is 5.69 Å². The lowest BCUT2D eigenvalue weighted by Crippen LogP contribution is -2.15. The van der Waals surface area contributed by atoms with Crippen LogP contribution in [0.2, 0.25) is 0 Å². The molecule has 0 aliphatic heterocycles. The van der Waals surface area contributed by atoms with Crippen molar-refractivity contribution in [1.29, 1.82) is 0 Å². The van der Waals surface area contributed by atoms with Gasteiger partial charge in [0.05, 0.1) is 4.88 Å². The molecule has 0 aliphatic carbocycles. The standard InChI is InChI=1S/C9H6N4OS2/c10-8-11-7(12-9(14)13-8)6-3-5-4(16-6)1-2-15-5/h1-3H,(H3,10,11,12,13,14). The fourth-order valence-corrected chi connectivity index (χ4v) is 3.45. The van der Waals surface area contributed by atoms with Gasteiger partial charge in [-0.1, -0.05) is 0 Å². The molecule has 0 aliphatic rings. The van der Waals surface area contributed by atoms with Gasteiger partial charge in [-0.25, -0.2) is 4.79 Å². The highest BCUT2D eigenvalue weighted by molar-refractivity contribution is 7.28. The molecule has 3 aromatic rings. The van der Waals surface area contributed by atoms with Crippen LogP contribution in [0.25, 0.3) is 20.1 Å². The quantitative estimate of drug-likeness (QED) is 0.688. The van der Waals surface area contributed by atoms with E-state index in [1.54, 1.807) is 22.7 Å². The number of H-pyrrole nitrogens is 1. The maximum atomic E-state index is 11.2. The molecule has 16 heavy (non-hydrogen) atoms. The van der Waals surface area contributed by atoms with E-state index in [9.17, 15) is 4.79 Å². The Kier molecular flexibility index (Phi) is 2.01. The third-order valence-corrected chi connectivity index (χ3v) is 4.14. The molecule has 0 unspecified atom stereocenters. The fourth-order valence-electron chi connectivity index (χ4n) is 1.40. The molecule has 3 rings (SSSR count). The molecule has 0 bridgehead atoms. The summed E-state index contributed by atoms with van der Waals surface area (Å²) in [7, 11) is 0. The first-order chi connectivity index (χ1) is 7.72. The van der Waals surface area contributed by atoms with Crippen molar-refractivity contribution in [3.05, 3.63) is 28.0 Å². The summed E-state index contributed by atoms with van der Waals surface area (Å²) in [6, 6.07) is 4.03. The zero-order chi connectivity index (χ0) is 11.1. The first kappa shape index (κ1) is 9.49. The Hall–Kier alpha value is -1.73. The summed E-state index contributed by atoms with van der Waals surface area (Å²) in [5, 5.41) is 2.03. The van der Waals surface area contributed by atoms with Crippen LogP contribution in [0.1, 0.15) is 0 Å². The zero-order valence-electron chi connectivity index (χ0n) is 7.93. The Bertz CT molecular complexity index is 683. The average Bonchev–Trinajstić information content (AvgIpc) is 2.74. The van der Waals surface area contributed by atoms with Crippen LogP contribution in [-0.2, 0) is 0 Å². The Morgan fingerprint density at radius 3 is 2.94 bits per heavy atom. The highest BCUT2D eigenvalue weighted by Gasteiger charge is 2.08. The number of nitrogens with one attached hydrogen (secondary N) is 1. The van der Waals surface area contributed by atoms with E-state index >= 15 is 0 Å². The van der Waals surface area contributed by atoms with Gasteiger partial charge < -0.3 is 5.73 Å². The zero-order valence-corrected chi connectivity index (χ0v) is 9.56. The molecule has 0 aromatic carbocycles. The van der Waals surface area contributed by atoms with Crippen molar-refractivity contribution in [2.75, 3.05) is 5.73 Å². The van der Waals surface area contributed by atoms with Gasteiger partial charge >= 0.3 is 5.69 Å². The number of hydrogen-bond acceptors (Lipinski definition) is 6. The fraction of sp³-hybridized carbons (Fsp3) is 0. The van der Waals surface area contributed by atoms with Gasteiger partial charge in [-0.05, 0) is 17.5 Å². The highest BCUT2D eigenvalue weighted by atomic mass is 32.1. The molecule has 0 saturated heterocycles. The number of aromatic amines is 1. The van der Waals surface area contributed by atoms with Crippen LogP contribution in [0.5, 0.6) is 0 Å². The number of anilines is 1. The van der Waals surface area contributed by atoms with Crippen LogP contribution in [0.15, 0.2) is 22.3 Å².